The minimum Gasteiger partial charge on any atom is -0.321 e. The molecular weight excluding hydrogens is 462 g/mol. The average molecular weight is 481 g/mol. The smallest absolute Gasteiger partial charge is 0.321 e. The van der Waals surface area contributed by atoms with Crippen LogP contribution in [-0.2, 0) is 19.9 Å². The summed E-state index contributed by atoms with van der Waals surface area (Å²) in [6.45, 7) is 4.86. The van der Waals surface area contributed by atoms with Crippen LogP contribution in [0.15, 0.2) is 52.3 Å². The Balaban J connectivity index is 2.44. The second-order valence-corrected chi connectivity index (χ2v) is 11.2. The molecule has 2 aromatic rings. The van der Waals surface area contributed by atoms with Crippen molar-refractivity contribution in [2.24, 2.45) is 0 Å². The number of sulfone groups is 1. The summed E-state index contributed by atoms with van der Waals surface area (Å²) >= 11 is 5.98. The number of hydrogen-bond donors (Lipinski definition) is 2. The Hall–Kier alpha value is -2.08. The molecular formula is C18H19ClF2N2O5S2. The third-order valence-electron chi connectivity index (χ3n) is 3.60. The Morgan fingerprint density at radius 3 is 2.17 bits per heavy atom. The van der Waals surface area contributed by atoms with Gasteiger partial charge in [0.2, 0.25) is 19.9 Å². The van der Waals surface area contributed by atoms with Gasteiger partial charge in [-0.05, 0) is 51.1 Å². The first kappa shape index (κ1) is 24.2. The van der Waals surface area contributed by atoms with E-state index in [9.17, 15) is 30.4 Å². The van der Waals surface area contributed by atoms with E-state index in [2.05, 4.69) is 10.0 Å². The van der Waals surface area contributed by atoms with Crippen molar-refractivity contribution in [3.63, 3.8) is 0 Å². The molecule has 0 unspecified atom stereocenters. The topological polar surface area (TPSA) is 109 Å². The van der Waals surface area contributed by atoms with Gasteiger partial charge in [-0.15, -0.1) is 0 Å². The number of halogens is 3. The molecule has 0 bridgehead atoms. The van der Waals surface area contributed by atoms with Crippen LogP contribution in [-0.4, -0.2) is 34.0 Å². The number of rotatable bonds is 6. The van der Waals surface area contributed by atoms with Crippen molar-refractivity contribution in [2.45, 2.75) is 41.9 Å². The maximum Gasteiger partial charge on any atom is 0.341 e. The monoisotopic (exact) mass is 480 g/mol. The average Bonchev–Trinajstić information content (AvgIpc) is 2.60. The zero-order valence-electron chi connectivity index (χ0n) is 16.1. The predicted molar refractivity (Wildman–Crippen MR) is 109 cm³/mol. The fourth-order valence-corrected chi connectivity index (χ4v) is 5.25. The van der Waals surface area contributed by atoms with Crippen molar-refractivity contribution < 1.29 is 30.4 Å². The Kier molecular flexibility index (Phi) is 6.92. The van der Waals surface area contributed by atoms with Crippen molar-refractivity contribution in [1.29, 1.82) is 0 Å². The van der Waals surface area contributed by atoms with E-state index in [1.807, 2.05) is 0 Å². The second kappa shape index (κ2) is 8.58. The van der Waals surface area contributed by atoms with E-state index < -0.39 is 42.0 Å². The lowest BCUT2D eigenvalue weighted by molar-refractivity contribution is 0.102. The first-order valence-electron chi connectivity index (χ1n) is 8.41. The van der Waals surface area contributed by atoms with Gasteiger partial charge in [-0.3, -0.25) is 4.79 Å². The van der Waals surface area contributed by atoms with Gasteiger partial charge < -0.3 is 5.32 Å². The minimum absolute atomic E-state index is 0.135. The third-order valence-corrected chi connectivity index (χ3v) is 7.28. The van der Waals surface area contributed by atoms with Crippen molar-refractivity contribution in [3.05, 3.63) is 53.1 Å². The van der Waals surface area contributed by atoms with Crippen LogP contribution in [0.3, 0.4) is 0 Å². The number of para-hydroxylation sites is 1. The van der Waals surface area contributed by atoms with Crippen LogP contribution in [0, 0.1) is 0 Å². The number of benzene rings is 2. The molecule has 0 atom stereocenters. The summed E-state index contributed by atoms with van der Waals surface area (Å²) < 4.78 is 77.0. The Morgan fingerprint density at radius 2 is 1.60 bits per heavy atom. The van der Waals surface area contributed by atoms with Gasteiger partial charge in [0.15, 0.2) is 0 Å². The Labute approximate surface area is 178 Å². The fraction of sp³-hybridized carbons (Fsp3) is 0.278. The highest BCUT2D eigenvalue weighted by Crippen LogP contribution is 2.28. The quantitative estimate of drug-likeness (QED) is 0.655. The highest BCUT2D eigenvalue weighted by Gasteiger charge is 2.30. The van der Waals surface area contributed by atoms with Crippen LogP contribution in [0.1, 0.15) is 31.1 Å². The molecule has 1 amide bonds. The summed E-state index contributed by atoms with van der Waals surface area (Å²) in [5.74, 6) is -4.58. The number of sulfonamides is 1. The second-order valence-electron chi connectivity index (χ2n) is 7.26. The molecule has 0 spiro atoms. The molecule has 164 valence electrons. The number of anilines is 1. The number of amides is 1. The molecule has 2 N–H and O–H groups in total. The lowest BCUT2D eigenvalue weighted by atomic mass is 10.1. The van der Waals surface area contributed by atoms with Gasteiger partial charge in [0.05, 0.1) is 15.6 Å². The predicted octanol–water partition coefficient (Wildman–Crippen LogP) is 3.67. The summed E-state index contributed by atoms with van der Waals surface area (Å²) in [5.41, 5.74) is -1.35. The molecule has 0 aliphatic heterocycles. The maximum absolute atomic E-state index is 12.9. The van der Waals surface area contributed by atoms with Crippen molar-refractivity contribution in [3.8, 4) is 0 Å². The lowest BCUT2D eigenvalue weighted by Gasteiger charge is -2.21. The summed E-state index contributed by atoms with van der Waals surface area (Å²) in [6, 6.07) is 8.08. The van der Waals surface area contributed by atoms with E-state index in [-0.39, 0.29) is 21.2 Å². The van der Waals surface area contributed by atoms with Crippen molar-refractivity contribution in [1.82, 2.24) is 4.72 Å². The summed E-state index contributed by atoms with van der Waals surface area (Å²) in [6.07, 6.45) is 0. The molecule has 12 heteroatoms. The molecule has 0 aromatic heterocycles. The van der Waals surface area contributed by atoms with Gasteiger partial charge in [-0.1, -0.05) is 23.7 Å². The number of alkyl halides is 2. The zero-order chi connectivity index (χ0) is 22.9. The lowest BCUT2D eigenvalue weighted by Crippen LogP contribution is -2.40. The van der Waals surface area contributed by atoms with Crippen LogP contribution in [0.2, 0.25) is 5.02 Å². The van der Waals surface area contributed by atoms with Crippen molar-refractivity contribution in [2.75, 3.05) is 5.32 Å². The molecule has 0 saturated carbocycles. The van der Waals surface area contributed by atoms with E-state index >= 15 is 0 Å². The van der Waals surface area contributed by atoms with E-state index in [4.69, 9.17) is 11.6 Å². The van der Waals surface area contributed by atoms with Crippen molar-refractivity contribution >= 4 is 43.1 Å². The van der Waals surface area contributed by atoms with Gasteiger partial charge in [0.1, 0.15) is 4.90 Å². The van der Waals surface area contributed by atoms with E-state index in [0.717, 1.165) is 18.2 Å². The molecule has 0 aliphatic carbocycles. The fourth-order valence-electron chi connectivity index (χ4n) is 2.42. The van der Waals surface area contributed by atoms with Crippen LogP contribution >= 0.6 is 11.6 Å². The van der Waals surface area contributed by atoms with Crippen LogP contribution < -0.4 is 10.0 Å². The molecule has 0 saturated heterocycles. The number of carbonyl (C=O) groups excluding carboxylic acids is 1. The Morgan fingerprint density at radius 1 is 1.00 bits per heavy atom. The Bertz CT molecular complexity index is 1180. The minimum atomic E-state index is -4.97. The normalized spacial score (nSPS) is 12.8. The highest BCUT2D eigenvalue weighted by molar-refractivity contribution is 7.91. The van der Waals surface area contributed by atoms with Crippen LogP contribution in [0.25, 0.3) is 0 Å². The number of hydrogen-bond acceptors (Lipinski definition) is 5. The largest absolute Gasteiger partial charge is 0.341 e. The molecule has 2 rings (SSSR count). The van der Waals surface area contributed by atoms with E-state index in [1.54, 1.807) is 20.8 Å². The van der Waals surface area contributed by atoms with Gasteiger partial charge in [-0.25, -0.2) is 21.6 Å². The third kappa shape index (κ3) is 5.54. The van der Waals surface area contributed by atoms with Gasteiger partial charge in [0.25, 0.3) is 5.91 Å². The number of carbonyl (C=O) groups is 1. The first-order valence-corrected chi connectivity index (χ1v) is 11.8. The molecule has 30 heavy (non-hydrogen) atoms. The first-order chi connectivity index (χ1) is 13.6. The summed E-state index contributed by atoms with van der Waals surface area (Å²) in [4.78, 5) is 11.5. The van der Waals surface area contributed by atoms with Gasteiger partial charge in [-0.2, -0.15) is 8.78 Å². The standard InChI is InChI=1S/C18H19ClF2N2O5S2/c1-18(2,3)23-30(27,28)15-10-11(8-9-12(15)19)16(24)22-13-6-4-5-7-14(13)29(25,26)17(20)21/h4-10,17,23H,1-3H3,(H,22,24). The maximum atomic E-state index is 12.9. The van der Waals surface area contributed by atoms with Gasteiger partial charge >= 0.3 is 5.76 Å². The van der Waals surface area contributed by atoms with Crippen LogP contribution in [0.5, 0.6) is 0 Å². The molecule has 7 nitrogen and oxygen atoms in total. The van der Waals surface area contributed by atoms with E-state index in [0.29, 0.717) is 0 Å². The molecule has 2 aromatic carbocycles. The summed E-state index contributed by atoms with van der Waals surface area (Å²) in [7, 11) is -9.05. The number of nitrogens with one attached hydrogen (secondary N) is 2. The zero-order valence-corrected chi connectivity index (χ0v) is 18.5. The van der Waals surface area contributed by atoms with Crippen LogP contribution in [0.4, 0.5) is 14.5 Å². The van der Waals surface area contributed by atoms with Gasteiger partial charge in [0, 0.05) is 11.1 Å². The molecule has 0 radical (unpaired) electrons. The van der Waals surface area contributed by atoms with E-state index in [1.165, 1.54) is 24.3 Å². The highest BCUT2D eigenvalue weighted by atomic mass is 35.5. The molecule has 0 fully saturated rings. The molecule has 0 heterocycles. The molecule has 0 aliphatic rings. The summed E-state index contributed by atoms with van der Waals surface area (Å²) in [5, 5.41) is 2.09. The SMILES string of the molecule is CC(C)(C)NS(=O)(=O)c1cc(C(=O)Nc2ccccc2S(=O)(=O)C(F)F)ccc1Cl.